The Balaban J connectivity index is 1.82. The average molecular weight is 307 g/mol. The van der Waals surface area contributed by atoms with E-state index in [0.29, 0.717) is 30.5 Å². The number of nitrogens with zero attached hydrogens (tertiary/aromatic N) is 3. The molecule has 1 aliphatic heterocycles. The predicted molar refractivity (Wildman–Crippen MR) is 84.5 cm³/mol. The van der Waals surface area contributed by atoms with E-state index in [1.165, 1.54) is 0 Å². The SMILES string of the molecule is N#Cc1cccc(C(=O)N2CC[C@@H](O)[C@H]2Cc2cccnc2)c1. The minimum Gasteiger partial charge on any atom is -0.391 e. The van der Waals surface area contributed by atoms with E-state index in [0.717, 1.165) is 5.56 Å². The maximum atomic E-state index is 12.8. The number of benzene rings is 1. The van der Waals surface area contributed by atoms with E-state index < -0.39 is 6.10 Å². The fourth-order valence-corrected chi connectivity index (χ4v) is 2.98. The van der Waals surface area contributed by atoms with Crippen LogP contribution in [0.15, 0.2) is 48.8 Å². The molecule has 0 unspecified atom stereocenters. The van der Waals surface area contributed by atoms with Crippen molar-refractivity contribution in [2.45, 2.75) is 25.0 Å². The molecule has 1 aromatic heterocycles. The molecule has 0 aliphatic carbocycles. The van der Waals surface area contributed by atoms with E-state index in [-0.39, 0.29) is 11.9 Å². The van der Waals surface area contributed by atoms with Gasteiger partial charge in [0.1, 0.15) is 0 Å². The predicted octanol–water partition coefficient (Wildman–Crippen LogP) is 1.77. The van der Waals surface area contributed by atoms with Crippen molar-refractivity contribution in [3.63, 3.8) is 0 Å². The number of aromatic nitrogens is 1. The first-order valence-electron chi connectivity index (χ1n) is 7.57. The van der Waals surface area contributed by atoms with E-state index in [2.05, 4.69) is 4.98 Å². The highest BCUT2D eigenvalue weighted by atomic mass is 16.3. The quantitative estimate of drug-likeness (QED) is 0.937. The summed E-state index contributed by atoms with van der Waals surface area (Å²) in [5.41, 5.74) is 1.93. The Kier molecular flexibility index (Phi) is 4.35. The van der Waals surface area contributed by atoms with Gasteiger partial charge in [0.25, 0.3) is 5.91 Å². The largest absolute Gasteiger partial charge is 0.391 e. The van der Waals surface area contributed by atoms with Gasteiger partial charge in [0.05, 0.1) is 23.8 Å². The van der Waals surface area contributed by atoms with Crippen molar-refractivity contribution < 1.29 is 9.90 Å². The minimum atomic E-state index is -0.543. The highest BCUT2D eigenvalue weighted by Crippen LogP contribution is 2.24. The summed E-state index contributed by atoms with van der Waals surface area (Å²) in [6, 6.07) is 12.2. The second kappa shape index (κ2) is 6.59. The van der Waals surface area contributed by atoms with Crippen molar-refractivity contribution in [3.05, 3.63) is 65.5 Å². The summed E-state index contributed by atoms with van der Waals surface area (Å²) in [5.74, 6) is -0.146. The highest BCUT2D eigenvalue weighted by Gasteiger charge is 2.36. The molecular formula is C18H17N3O2. The Hall–Kier alpha value is -2.71. The van der Waals surface area contributed by atoms with Crippen LogP contribution in [0.1, 0.15) is 27.9 Å². The maximum Gasteiger partial charge on any atom is 0.254 e. The molecule has 1 aromatic carbocycles. The van der Waals surface area contributed by atoms with Gasteiger partial charge in [0.15, 0.2) is 0 Å². The van der Waals surface area contributed by atoms with Crippen LogP contribution < -0.4 is 0 Å². The molecule has 0 saturated carbocycles. The molecule has 2 aromatic rings. The summed E-state index contributed by atoms with van der Waals surface area (Å²) in [4.78, 5) is 18.5. The Morgan fingerprint density at radius 1 is 1.39 bits per heavy atom. The normalized spacial score (nSPS) is 20.3. The van der Waals surface area contributed by atoms with Gasteiger partial charge in [-0.3, -0.25) is 9.78 Å². The van der Waals surface area contributed by atoms with Crippen molar-refractivity contribution in [3.8, 4) is 6.07 Å². The number of amides is 1. The van der Waals surface area contributed by atoms with Crippen molar-refractivity contribution in [2.75, 3.05) is 6.54 Å². The average Bonchev–Trinajstić information content (AvgIpc) is 2.96. The van der Waals surface area contributed by atoms with Crippen molar-refractivity contribution in [2.24, 2.45) is 0 Å². The van der Waals surface area contributed by atoms with Gasteiger partial charge in [-0.2, -0.15) is 5.26 Å². The van der Waals surface area contributed by atoms with Crippen LogP contribution in [0.25, 0.3) is 0 Å². The topological polar surface area (TPSA) is 77.2 Å². The number of rotatable bonds is 3. The molecule has 1 amide bonds. The monoisotopic (exact) mass is 307 g/mol. The van der Waals surface area contributed by atoms with Gasteiger partial charge in [0, 0.05) is 24.5 Å². The molecule has 1 fully saturated rings. The van der Waals surface area contributed by atoms with Crippen molar-refractivity contribution >= 4 is 5.91 Å². The van der Waals surface area contributed by atoms with E-state index >= 15 is 0 Å². The second-order valence-corrected chi connectivity index (χ2v) is 5.68. The molecule has 5 heteroatoms. The van der Waals surface area contributed by atoms with Crippen LogP contribution in [0.5, 0.6) is 0 Å². The first-order chi connectivity index (χ1) is 11.2. The zero-order chi connectivity index (χ0) is 16.2. The van der Waals surface area contributed by atoms with E-state index in [1.807, 2.05) is 18.2 Å². The molecule has 2 atom stereocenters. The summed E-state index contributed by atoms with van der Waals surface area (Å²) in [5, 5.41) is 19.2. The summed E-state index contributed by atoms with van der Waals surface area (Å²) in [7, 11) is 0. The molecule has 0 radical (unpaired) electrons. The molecule has 23 heavy (non-hydrogen) atoms. The van der Waals surface area contributed by atoms with E-state index in [4.69, 9.17) is 5.26 Å². The Morgan fingerprint density at radius 2 is 2.26 bits per heavy atom. The lowest BCUT2D eigenvalue weighted by atomic mass is 10.0. The van der Waals surface area contributed by atoms with Gasteiger partial charge in [-0.25, -0.2) is 0 Å². The fourth-order valence-electron chi connectivity index (χ4n) is 2.98. The Morgan fingerprint density at radius 3 is 3.00 bits per heavy atom. The molecule has 3 rings (SSSR count). The van der Waals surface area contributed by atoms with E-state index in [9.17, 15) is 9.90 Å². The van der Waals surface area contributed by atoms with Gasteiger partial charge >= 0.3 is 0 Å². The summed E-state index contributed by atoms with van der Waals surface area (Å²) >= 11 is 0. The molecule has 1 aliphatic rings. The molecule has 0 bridgehead atoms. The van der Waals surface area contributed by atoms with Crippen LogP contribution in [0.4, 0.5) is 0 Å². The number of aliphatic hydroxyl groups is 1. The molecule has 116 valence electrons. The molecular weight excluding hydrogens is 290 g/mol. The van der Waals surface area contributed by atoms with Gasteiger partial charge in [-0.05, 0) is 42.7 Å². The summed E-state index contributed by atoms with van der Waals surface area (Å²) < 4.78 is 0. The smallest absolute Gasteiger partial charge is 0.254 e. The lowest BCUT2D eigenvalue weighted by molar-refractivity contribution is 0.0640. The third kappa shape index (κ3) is 3.22. The number of hydrogen-bond acceptors (Lipinski definition) is 4. The number of aliphatic hydroxyl groups excluding tert-OH is 1. The van der Waals surface area contributed by atoms with Gasteiger partial charge < -0.3 is 10.0 Å². The summed E-state index contributed by atoms with van der Waals surface area (Å²) in [6.07, 6.45) is 4.04. The van der Waals surface area contributed by atoms with E-state index in [1.54, 1.807) is 41.6 Å². The summed E-state index contributed by atoms with van der Waals surface area (Å²) in [6.45, 7) is 0.516. The zero-order valence-corrected chi connectivity index (χ0v) is 12.6. The standard InChI is InChI=1S/C18H17N3O2/c19-11-13-3-1-5-15(9-13)18(23)21-8-6-17(22)16(21)10-14-4-2-7-20-12-14/h1-5,7,9,12,16-17,22H,6,8,10H2/t16-,17-/m1/s1. The van der Waals surface area contributed by atoms with Crippen LogP contribution in [-0.4, -0.2) is 39.6 Å². The number of carbonyl (C=O) groups is 1. The highest BCUT2D eigenvalue weighted by molar-refractivity contribution is 5.95. The number of carbonyl (C=O) groups excluding carboxylic acids is 1. The van der Waals surface area contributed by atoms with Crippen LogP contribution in [0.2, 0.25) is 0 Å². The number of likely N-dealkylation sites (tertiary alicyclic amines) is 1. The first-order valence-corrected chi connectivity index (χ1v) is 7.57. The Bertz CT molecular complexity index is 739. The third-order valence-corrected chi connectivity index (χ3v) is 4.18. The molecule has 5 nitrogen and oxygen atoms in total. The first kappa shape index (κ1) is 15.2. The second-order valence-electron chi connectivity index (χ2n) is 5.68. The molecule has 0 spiro atoms. The maximum absolute atomic E-state index is 12.8. The minimum absolute atomic E-state index is 0.146. The lowest BCUT2D eigenvalue weighted by Crippen LogP contribution is -2.41. The Labute approximate surface area is 134 Å². The fraction of sp³-hybridized carbons (Fsp3) is 0.278. The number of pyridine rings is 1. The molecule has 2 heterocycles. The van der Waals surface area contributed by atoms with Gasteiger partial charge in [-0.1, -0.05) is 12.1 Å². The van der Waals surface area contributed by atoms with Crippen LogP contribution in [-0.2, 0) is 6.42 Å². The van der Waals surface area contributed by atoms with Crippen molar-refractivity contribution in [1.29, 1.82) is 5.26 Å². The van der Waals surface area contributed by atoms with Gasteiger partial charge in [-0.15, -0.1) is 0 Å². The van der Waals surface area contributed by atoms with Crippen LogP contribution in [0.3, 0.4) is 0 Å². The van der Waals surface area contributed by atoms with Gasteiger partial charge in [0.2, 0.25) is 0 Å². The zero-order valence-electron chi connectivity index (χ0n) is 12.6. The van der Waals surface area contributed by atoms with Crippen LogP contribution >= 0.6 is 0 Å². The third-order valence-electron chi connectivity index (χ3n) is 4.18. The van der Waals surface area contributed by atoms with Crippen LogP contribution in [0, 0.1) is 11.3 Å². The molecule has 1 N–H and O–H groups in total. The van der Waals surface area contributed by atoms with Crippen molar-refractivity contribution in [1.82, 2.24) is 9.88 Å². The number of nitriles is 1. The number of hydrogen-bond donors (Lipinski definition) is 1. The molecule has 1 saturated heterocycles. The lowest BCUT2D eigenvalue weighted by Gasteiger charge is -2.26.